The van der Waals surface area contributed by atoms with E-state index in [2.05, 4.69) is 6.58 Å². The minimum Gasteiger partial charge on any atom is -0.469 e. The molecule has 2 bridgehead atoms. The number of methoxy groups -OCH3 is 1. The molecule has 3 rings (SSSR count). The third kappa shape index (κ3) is 5.65. The Morgan fingerprint density at radius 2 is 1.90 bits per heavy atom. The van der Waals surface area contributed by atoms with E-state index >= 15 is 0 Å². The maximum Gasteiger partial charge on any atom is 0.410 e. The number of hydrogen-bond donors (Lipinski definition) is 0. The van der Waals surface area contributed by atoms with Gasteiger partial charge in [0, 0.05) is 18.0 Å². The standard InChI is InChI=1S/C22H25Cl3FNO4/c1-13(11-26)9-14-3-5-15(6-4-14)17-10-16-7-8-18(19(17)20(28)30-2)27(16)21(29)31-12-22(23,24)25/h3-6,16-19H,1,7-12H2,2H3. The lowest BCUT2D eigenvalue weighted by Gasteiger charge is -2.43. The van der Waals surface area contributed by atoms with Gasteiger partial charge in [0.2, 0.25) is 3.79 Å². The van der Waals surface area contributed by atoms with Gasteiger partial charge in [0.05, 0.1) is 13.0 Å². The van der Waals surface area contributed by atoms with Crippen LogP contribution in [0.25, 0.3) is 0 Å². The monoisotopic (exact) mass is 491 g/mol. The first-order valence-electron chi connectivity index (χ1n) is 10.1. The van der Waals surface area contributed by atoms with Gasteiger partial charge in [-0.25, -0.2) is 9.18 Å². The zero-order valence-corrected chi connectivity index (χ0v) is 19.4. The highest BCUT2D eigenvalue weighted by Crippen LogP contribution is 2.47. The molecule has 2 heterocycles. The fourth-order valence-corrected chi connectivity index (χ4v) is 4.89. The van der Waals surface area contributed by atoms with Crippen molar-refractivity contribution < 1.29 is 23.5 Å². The lowest BCUT2D eigenvalue weighted by atomic mass is 9.76. The summed E-state index contributed by atoms with van der Waals surface area (Å²) in [5, 5.41) is 0. The van der Waals surface area contributed by atoms with Crippen LogP contribution >= 0.6 is 34.8 Å². The predicted octanol–water partition coefficient (Wildman–Crippen LogP) is 5.37. The molecule has 0 radical (unpaired) electrons. The number of nitrogens with zero attached hydrogens (tertiary/aromatic N) is 1. The maximum atomic E-state index is 12.8. The van der Waals surface area contributed by atoms with Crippen molar-refractivity contribution in [1.29, 1.82) is 0 Å². The summed E-state index contributed by atoms with van der Waals surface area (Å²) in [5.74, 6) is -1.01. The number of piperidine rings is 1. The number of hydrogen-bond acceptors (Lipinski definition) is 4. The molecule has 1 aromatic rings. The fourth-order valence-electron chi connectivity index (χ4n) is 4.73. The molecule has 1 aromatic carbocycles. The number of esters is 1. The molecule has 0 spiro atoms. The fraction of sp³-hybridized carbons (Fsp3) is 0.545. The van der Waals surface area contributed by atoms with E-state index in [1.165, 1.54) is 7.11 Å². The highest BCUT2D eigenvalue weighted by molar-refractivity contribution is 6.67. The second kappa shape index (κ2) is 9.97. The molecular formula is C22H25Cl3FNO4. The highest BCUT2D eigenvalue weighted by Gasteiger charge is 2.53. The van der Waals surface area contributed by atoms with Crippen LogP contribution in [0.3, 0.4) is 0 Å². The number of ether oxygens (including phenoxy) is 2. The number of carbonyl (C=O) groups excluding carboxylic acids is 2. The molecule has 4 atom stereocenters. The third-order valence-corrected chi connectivity index (χ3v) is 6.34. The maximum absolute atomic E-state index is 12.8. The Balaban J connectivity index is 1.81. The number of fused-ring (bicyclic) bond motifs is 2. The third-order valence-electron chi connectivity index (χ3n) is 6.01. The van der Waals surface area contributed by atoms with Crippen molar-refractivity contribution >= 4 is 46.9 Å². The summed E-state index contributed by atoms with van der Waals surface area (Å²) in [5.41, 5.74) is 2.45. The number of alkyl halides is 4. The summed E-state index contributed by atoms with van der Waals surface area (Å²) in [7, 11) is 1.34. The van der Waals surface area contributed by atoms with Crippen LogP contribution < -0.4 is 0 Å². The molecule has 0 saturated carbocycles. The summed E-state index contributed by atoms with van der Waals surface area (Å²) >= 11 is 17.1. The first-order valence-corrected chi connectivity index (χ1v) is 11.2. The van der Waals surface area contributed by atoms with Crippen molar-refractivity contribution in [3.8, 4) is 0 Å². The molecular weight excluding hydrogens is 468 g/mol. The van der Waals surface area contributed by atoms with Crippen molar-refractivity contribution in [3.05, 3.63) is 47.5 Å². The zero-order valence-electron chi connectivity index (χ0n) is 17.2. The van der Waals surface area contributed by atoms with Gasteiger partial charge in [-0.15, -0.1) is 0 Å². The van der Waals surface area contributed by atoms with E-state index in [1.54, 1.807) is 4.90 Å². The lowest BCUT2D eigenvalue weighted by molar-refractivity contribution is -0.150. The van der Waals surface area contributed by atoms with E-state index in [4.69, 9.17) is 44.3 Å². The number of allylic oxidation sites excluding steroid dienone is 1. The molecule has 5 nitrogen and oxygen atoms in total. The predicted molar refractivity (Wildman–Crippen MR) is 118 cm³/mol. The number of benzene rings is 1. The molecule has 1 amide bonds. The van der Waals surface area contributed by atoms with Crippen LogP contribution in [0.5, 0.6) is 0 Å². The number of rotatable bonds is 6. The van der Waals surface area contributed by atoms with Crippen LogP contribution in [-0.4, -0.2) is 53.2 Å². The van der Waals surface area contributed by atoms with Gasteiger partial charge in [-0.3, -0.25) is 4.79 Å². The van der Waals surface area contributed by atoms with E-state index in [0.29, 0.717) is 24.8 Å². The van der Waals surface area contributed by atoms with Gasteiger partial charge in [0.1, 0.15) is 13.3 Å². The van der Waals surface area contributed by atoms with Gasteiger partial charge < -0.3 is 14.4 Å². The van der Waals surface area contributed by atoms with Crippen LogP contribution in [0, 0.1) is 5.92 Å². The summed E-state index contributed by atoms with van der Waals surface area (Å²) in [6.45, 7) is 2.78. The summed E-state index contributed by atoms with van der Waals surface area (Å²) in [6, 6.07) is 7.33. The second-order valence-corrected chi connectivity index (χ2v) is 10.6. The molecule has 31 heavy (non-hydrogen) atoms. The van der Waals surface area contributed by atoms with E-state index in [-0.39, 0.29) is 30.6 Å². The van der Waals surface area contributed by atoms with E-state index in [9.17, 15) is 14.0 Å². The Labute approximate surface area is 196 Å². The van der Waals surface area contributed by atoms with Crippen molar-refractivity contribution in [2.75, 3.05) is 20.4 Å². The summed E-state index contributed by atoms with van der Waals surface area (Å²) < 4.78 is 21.3. The number of halogens is 4. The minimum absolute atomic E-state index is 0.0789. The molecule has 170 valence electrons. The molecule has 2 aliphatic heterocycles. The Bertz CT molecular complexity index is 827. The van der Waals surface area contributed by atoms with Gasteiger partial charge >= 0.3 is 12.1 Å². The van der Waals surface area contributed by atoms with Crippen LogP contribution in [0.2, 0.25) is 0 Å². The average molecular weight is 493 g/mol. The van der Waals surface area contributed by atoms with Gasteiger partial charge in [-0.05, 0) is 42.4 Å². The Morgan fingerprint density at radius 1 is 1.23 bits per heavy atom. The SMILES string of the molecule is C=C(CF)Cc1ccc(C2CC3CCC(C2C(=O)OC)N3C(=O)OCC(Cl)(Cl)Cl)cc1. The van der Waals surface area contributed by atoms with E-state index in [0.717, 1.165) is 17.5 Å². The molecule has 0 aromatic heterocycles. The van der Waals surface area contributed by atoms with Crippen LogP contribution in [0.1, 0.15) is 36.3 Å². The van der Waals surface area contributed by atoms with Crippen LogP contribution in [0.4, 0.5) is 9.18 Å². The second-order valence-electron chi connectivity index (χ2n) is 8.07. The summed E-state index contributed by atoms with van der Waals surface area (Å²) in [6.07, 6.45) is 1.89. The molecule has 0 N–H and O–H groups in total. The number of carbonyl (C=O) groups is 2. The molecule has 9 heteroatoms. The lowest BCUT2D eigenvalue weighted by Crippen LogP contribution is -2.53. The Hall–Kier alpha value is -1.50. The highest BCUT2D eigenvalue weighted by atomic mass is 35.6. The van der Waals surface area contributed by atoms with Crippen molar-refractivity contribution in [3.63, 3.8) is 0 Å². The average Bonchev–Trinajstić information content (AvgIpc) is 3.04. The Kier molecular flexibility index (Phi) is 7.76. The van der Waals surface area contributed by atoms with Crippen molar-refractivity contribution in [2.24, 2.45) is 5.92 Å². The van der Waals surface area contributed by atoms with E-state index < -0.39 is 22.5 Å². The topological polar surface area (TPSA) is 55.8 Å². The van der Waals surface area contributed by atoms with Crippen LogP contribution in [0.15, 0.2) is 36.4 Å². The molecule has 2 aliphatic rings. The van der Waals surface area contributed by atoms with Gasteiger partial charge in [0.15, 0.2) is 0 Å². The molecule has 2 fully saturated rings. The molecule has 2 saturated heterocycles. The van der Waals surface area contributed by atoms with Gasteiger partial charge in [-0.2, -0.15) is 0 Å². The van der Waals surface area contributed by atoms with E-state index in [1.807, 2.05) is 24.3 Å². The van der Waals surface area contributed by atoms with Gasteiger partial charge in [0.25, 0.3) is 0 Å². The zero-order chi connectivity index (χ0) is 22.8. The first-order chi connectivity index (χ1) is 14.6. The molecule has 0 aliphatic carbocycles. The first kappa shape index (κ1) is 24.1. The van der Waals surface area contributed by atoms with Crippen molar-refractivity contribution in [1.82, 2.24) is 4.90 Å². The smallest absolute Gasteiger partial charge is 0.410 e. The quantitative estimate of drug-likeness (QED) is 0.304. The van der Waals surface area contributed by atoms with Crippen molar-refractivity contribution in [2.45, 2.75) is 47.5 Å². The van der Waals surface area contributed by atoms with Gasteiger partial charge in [-0.1, -0.05) is 65.6 Å². The number of amides is 1. The Morgan fingerprint density at radius 3 is 2.48 bits per heavy atom. The normalized spacial score (nSPS) is 25.3. The molecule has 4 unspecified atom stereocenters. The largest absolute Gasteiger partial charge is 0.469 e. The minimum atomic E-state index is -1.70. The van der Waals surface area contributed by atoms with Crippen LogP contribution in [-0.2, 0) is 20.7 Å². The summed E-state index contributed by atoms with van der Waals surface area (Å²) in [4.78, 5) is 27.1.